The number of rotatable bonds is 3. The number of nitrogens with one attached hydrogen (secondary N) is 1. The van der Waals surface area contributed by atoms with Gasteiger partial charge in [0.05, 0.1) is 6.54 Å². The first-order chi connectivity index (χ1) is 8.34. The zero-order valence-electron chi connectivity index (χ0n) is 10.1. The molecule has 1 aliphatic carbocycles. The van der Waals surface area contributed by atoms with Gasteiger partial charge in [-0.2, -0.15) is 0 Å². The van der Waals surface area contributed by atoms with Gasteiger partial charge in [0.1, 0.15) is 12.0 Å². The Morgan fingerprint density at radius 1 is 1.41 bits per heavy atom. The average molecular weight is 236 g/mol. The van der Waals surface area contributed by atoms with Crippen molar-refractivity contribution in [1.82, 2.24) is 10.5 Å². The highest BCUT2D eigenvalue weighted by molar-refractivity contribution is 5.78. The molecule has 94 valence electrons. The molecule has 0 amide bonds. The van der Waals surface area contributed by atoms with E-state index in [1.165, 1.54) is 38.5 Å². The second-order valence-corrected chi connectivity index (χ2v) is 4.53. The van der Waals surface area contributed by atoms with Crippen LogP contribution in [0.4, 0.5) is 0 Å². The van der Waals surface area contributed by atoms with E-state index in [1.54, 1.807) is 12.3 Å². The number of hydrogen-bond donors (Lipinski definition) is 2. The molecular weight excluding hydrogens is 216 g/mol. The van der Waals surface area contributed by atoms with E-state index in [4.69, 9.17) is 10.3 Å². The number of nitrogens with two attached hydrogens (primary N) is 1. The number of hydrogen-bond acceptors (Lipinski definition) is 3. The second-order valence-electron chi connectivity index (χ2n) is 4.53. The molecule has 1 heterocycles. The van der Waals surface area contributed by atoms with Gasteiger partial charge in [-0.25, -0.2) is 4.99 Å². The molecule has 5 nitrogen and oxygen atoms in total. The predicted molar refractivity (Wildman–Crippen MR) is 66.5 cm³/mol. The molecule has 3 N–H and O–H groups in total. The van der Waals surface area contributed by atoms with Crippen LogP contribution in [0.5, 0.6) is 0 Å². The third-order valence-corrected chi connectivity index (χ3v) is 3.11. The first-order valence-corrected chi connectivity index (χ1v) is 6.30. The highest BCUT2D eigenvalue weighted by Crippen LogP contribution is 2.16. The van der Waals surface area contributed by atoms with Crippen molar-refractivity contribution < 1.29 is 4.52 Å². The van der Waals surface area contributed by atoms with Crippen molar-refractivity contribution >= 4 is 5.96 Å². The Hall–Kier alpha value is -1.52. The summed E-state index contributed by atoms with van der Waals surface area (Å²) in [7, 11) is 0. The molecular formula is C12H20N4O. The van der Waals surface area contributed by atoms with Crippen molar-refractivity contribution in [1.29, 1.82) is 0 Å². The van der Waals surface area contributed by atoms with Crippen LogP contribution in [0, 0.1) is 0 Å². The van der Waals surface area contributed by atoms with Gasteiger partial charge in [-0.1, -0.05) is 30.8 Å². The van der Waals surface area contributed by atoms with E-state index in [-0.39, 0.29) is 0 Å². The van der Waals surface area contributed by atoms with Crippen LogP contribution in [-0.4, -0.2) is 17.2 Å². The summed E-state index contributed by atoms with van der Waals surface area (Å²) >= 11 is 0. The normalized spacial score (nSPS) is 18.9. The summed E-state index contributed by atoms with van der Waals surface area (Å²) in [5.74, 6) is 0.514. The second kappa shape index (κ2) is 6.27. The summed E-state index contributed by atoms with van der Waals surface area (Å²) in [5, 5.41) is 7.08. The largest absolute Gasteiger partial charge is 0.370 e. The fraction of sp³-hybridized carbons (Fsp3) is 0.667. The van der Waals surface area contributed by atoms with Gasteiger partial charge in [-0.3, -0.25) is 0 Å². The van der Waals surface area contributed by atoms with E-state index >= 15 is 0 Å². The Balaban J connectivity index is 1.78. The summed E-state index contributed by atoms with van der Waals surface area (Å²) in [4.78, 5) is 4.25. The summed E-state index contributed by atoms with van der Waals surface area (Å²) in [6.45, 7) is 0.474. The highest BCUT2D eigenvalue weighted by Gasteiger charge is 2.12. The molecule has 0 radical (unpaired) electrons. The Bertz CT molecular complexity index is 339. The standard InChI is InChI=1S/C12H20N4O/c13-12(14-9-11-7-8-17-16-11)15-10-5-3-1-2-4-6-10/h7-8,10H,1-6,9H2,(H3,13,14,15). The Morgan fingerprint density at radius 2 is 2.18 bits per heavy atom. The lowest BCUT2D eigenvalue weighted by molar-refractivity contribution is 0.412. The monoisotopic (exact) mass is 236 g/mol. The van der Waals surface area contributed by atoms with Crippen molar-refractivity contribution in [3.8, 4) is 0 Å². The first-order valence-electron chi connectivity index (χ1n) is 6.30. The molecule has 1 aromatic heterocycles. The predicted octanol–water partition coefficient (Wildman–Crippen LogP) is 1.80. The molecule has 2 rings (SSSR count). The number of guanidine groups is 1. The smallest absolute Gasteiger partial charge is 0.189 e. The third-order valence-electron chi connectivity index (χ3n) is 3.11. The van der Waals surface area contributed by atoms with Gasteiger partial charge >= 0.3 is 0 Å². The van der Waals surface area contributed by atoms with Crippen LogP contribution in [0.15, 0.2) is 21.8 Å². The summed E-state index contributed by atoms with van der Waals surface area (Å²) < 4.78 is 4.73. The van der Waals surface area contributed by atoms with Crippen LogP contribution in [0.25, 0.3) is 0 Å². The lowest BCUT2D eigenvalue weighted by Gasteiger charge is -2.16. The Labute approximate surface area is 101 Å². The third kappa shape index (κ3) is 4.09. The van der Waals surface area contributed by atoms with E-state index in [9.17, 15) is 0 Å². The van der Waals surface area contributed by atoms with Gasteiger partial charge in [-0.05, 0) is 12.8 Å². The van der Waals surface area contributed by atoms with Gasteiger partial charge in [0.25, 0.3) is 0 Å². The molecule has 1 fully saturated rings. The van der Waals surface area contributed by atoms with Crippen LogP contribution < -0.4 is 11.1 Å². The maximum Gasteiger partial charge on any atom is 0.189 e. The van der Waals surface area contributed by atoms with E-state index in [1.807, 2.05) is 0 Å². The van der Waals surface area contributed by atoms with Crippen LogP contribution >= 0.6 is 0 Å². The van der Waals surface area contributed by atoms with E-state index in [2.05, 4.69) is 15.5 Å². The van der Waals surface area contributed by atoms with Crippen LogP contribution in [-0.2, 0) is 6.54 Å². The van der Waals surface area contributed by atoms with Gasteiger partial charge < -0.3 is 15.6 Å². The molecule has 1 saturated carbocycles. The molecule has 17 heavy (non-hydrogen) atoms. The topological polar surface area (TPSA) is 76.4 Å². The van der Waals surface area contributed by atoms with E-state index in [0.29, 0.717) is 18.5 Å². The van der Waals surface area contributed by atoms with Gasteiger partial charge in [0, 0.05) is 12.1 Å². The van der Waals surface area contributed by atoms with Gasteiger partial charge in [0.2, 0.25) is 0 Å². The minimum Gasteiger partial charge on any atom is -0.370 e. The van der Waals surface area contributed by atoms with Crippen molar-refractivity contribution in [2.75, 3.05) is 0 Å². The maximum absolute atomic E-state index is 5.85. The van der Waals surface area contributed by atoms with Crippen molar-refractivity contribution in [2.45, 2.75) is 51.1 Å². The summed E-state index contributed by atoms with van der Waals surface area (Å²) in [6, 6.07) is 2.28. The first kappa shape index (κ1) is 12.0. The van der Waals surface area contributed by atoms with Crippen molar-refractivity contribution in [2.24, 2.45) is 10.7 Å². The average Bonchev–Trinajstić information content (AvgIpc) is 2.72. The highest BCUT2D eigenvalue weighted by atomic mass is 16.5. The zero-order chi connectivity index (χ0) is 11.9. The number of aliphatic imine (C=N–C) groups is 1. The molecule has 5 heteroatoms. The fourth-order valence-electron chi connectivity index (χ4n) is 2.16. The molecule has 0 aromatic carbocycles. The molecule has 0 spiro atoms. The molecule has 0 atom stereocenters. The maximum atomic E-state index is 5.85. The van der Waals surface area contributed by atoms with Gasteiger partial charge in [0.15, 0.2) is 5.96 Å². The summed E-state index contributed by atoms with van der Waals surface area (Å²) in [6.07, 6.45) is 9.19. The van der Waals surface area contributed by atoms with Crippen LogP contribution in [0.3, 0.4) is 0 Å². The number of nitrogens with zero attached hydrogens (tertiary/aromatic N) is 2. The molecule has 0 saturated heterocycles. The van der Waals surface area contributed by atoms with Crippen molar-refractivity contribution in [3.05, 3.63) is 18.0 Å². The van der Waals surface area contributed by atoms with Crippen molar-refractivity contribution in [3.63, 3.8) is 0 Å². The molecule has 1 aromatic rings. The lowest BCUT2D eigenvalue weighted by atomic mass is 10.1. The summed E-state index contributed by atoms with van der Waals surface area (Å²) in [5.41, 5.74) is 6.65. The molecule has 0 bridgehead atoms. The minimum atomic E-state index is 0.474. The molecule has 1 aliphatic rings. The quantitative estimate of drug-likeness (QED) is 0.476. The van der Waals surface area contributed by atoms with E-state index in [0.717, 1.165) is 5.69 Å². The SMILES string of the molecule is NC(=NCc1ccon1)NC1CCCCCC1. The lowest BCUT2D eigenvalue weighted by Crippen LogP contribution is -2.39. The zero-order valence-corrected chi connectivity index (χ0v) is 10.1. The minimum absolute atomic E-state index is 0.474. The van der Waals surface area contributed by atoms with Crippen LogP contribution in [0.1, 0.15) is 44.2 Å². The number of aromatic nitrogens is 1. The van der Waals surface area contributed by atoms with Gasteiger partial charge in [-0.15, -0.1) is 0 Å². The Morgan fingerprint density at radius 3 is 2.82 bits per heavy atom. The molecule has 0 unspecified atom stereocenters. The fourth-order valence-corrected chi connectivity index (χ4v) is 2.16. The van der Waals surface area contributed by atoms with Crippen LogP contribution in [0.2, 0.25) is 0 Å². The Kier molecular flexibility index (Phi) is 4.41. The van der Waals surface area contributed by atoms with E-state index < -0.39 is 0 Å². The molecule has 0 aliphatic heterocycles.